The molecule has 0 saturated carbocycles. The van der Waals surface area contributed by atoms with Gasteiger partial charge in [0, 0.05) is 22.5 Å². The van der Waals surface area contributed by atoms with Crippen molar-refractivity contribution in [2.24, 2.45) is 0 Å². The van der Waals surface area contributed by atoms with E-state index in [9.17, 15) is 19.7 Å². The summed E-state index contributed by atoms with van der Waals surface area (Å²) in [6.07, 6.45) is 0. The molecule has 1 atom stereocenters. The maximum absolute atomic E-state index is 13.5. The lowest BCUT2D eigenvalue weighted by molar-refractivity contribution is -0.384. The fourth-order valence-corrected chi connectivity index (χ4v) is 4.72. The fourth-order valence-electron chi connectivity index (χ4n) is 3.72. The monoisotopic (exact) mass is 453 g/mol. The number of aryl methyl sites for hydroxylation is 1. The number of fused-ring (bicyclic) bond motifs is 2. The van der Waals surface area contributed by atoms with Gasteiger partial charge in [-0.2, -0.15) is 0 Å². The van der Waals surface area contributed by atoms with E-state index >= 15 is 0 Å². The van der Waals surface area contributed by atoms with Gasteiger partial charge in [-0.25, -0.2) is 4.98 Å². The predicted molar refractivity (Wildman–Crippen MR) is 116 cm³/mol. The van der Waals surface area contributed by atoms with E-state index in [0.29, 0.717) is 21.4 Å². The minimum atomic E-state index is -0.924. The molecule has 1 aliphatic heterocycles. The normalized spacial score (nSPS) is 15.5. The number of carbonyl (C=O) groups is 1. The first-order valence-corrected chi connectivity index (χ1v) is 10.4. The highest BCUT2D eigenvalue weighted by Crippen LogP contribution is 2.42. The molecule has 0 aliphatic carbocycles. The van der Waals surface area contributed by atoms with Crippen molar-refractivity contribution in [2.75, 3.05) is 4.90 Å². The van der Waals surface area contributed by atoms with Crippen molar-refractivity contribution >= 4 is 50.6 Å². The van der Waals surface area contributed by atoms with E-state index in [0.717, 1.165) is 0 Å². The summed E-state index contributed by atoms with van der Waals surface area (Å²) >= 11 is 7.30. The molecular formula is C21H12ClN3O5S. The molecule has 5 rings (SSSR count). The summed E-state index contributed by atoms with van der Waals surface area (Å²) in [4.78, 5) is 43.4. The summed E-state index contributed by atoms with van der Waals surface area (Å²) in [5.74, 6) is -0.640. The second-order valence-electron chi connectivity index (χ2n) is 7.02. The Labute approximate surface area is 183 Å². The lowest BCUT2D eigenvalue weighted by Crippen LogP contribution is -2.29. The van der Waals surface area contributed by atoms with Crippen LogP contribution in [0.3, 0.4) is 0 Å². The molecule has 31 heavy (non-hydrogen) atoms. The van der Waals surface area contributed by atoms with E-state index in [1.54, 1.807) is 24.4 Å². The highest BCUT2D eigenvalue weighted by Gasteiger charge is 2.45. The van der Waals surface area contributed by atoms with Crippen LogP contribution in [0.25, 0.3) is 11.0 Å². The van der Waals surface area contributed by atoms with Crippen LogP contribution in [0.4, 0.5) is 10.8 Å². The second-order valence-corrected chi connectivity index (χ2v) is 8.29. The summed E-state index contributed by atoms with van der Waals surface area (Å²) < 4.78 is 5.83. The van der Waals surface area contributed by atoms with Crippen LogP contribution < -0.4 is 10.3 Å². The van der Waals surface area contributed by atoms with Crippen LogP contribution >= 0.6 is 22.9 Å². The minimum Gasteiger partial charge on any atom is -0.450 e. The van der Waals surface area contributed by atoms with Crippen molar-refractivity contribution in [1.82, 2.24) is 4.98 Å². The van der Waals surface area contributed by atoms with Crippen molar-refractivity contribution in [2.45, 2.75) is 13.0 Å². The molecule has 1 amide bonds. The smallest absolute Gasteiger partial charge is 0.297 e. The maximum atomic E-state index is 13.5. The van der Waals surface area contributed by atoms with Gasteiger partial charge in [-0.1, -0.05) is 23.7 Å². The number of aromatic nitrogens is 1. The SMILES string of the molecule is Cc1csc(N2C(=O)c3oc4ccc(Cl)cc4c(=O)c3[C@H]2c2cccc([N+](=O)[O-])c2)n1. The number of hydrogen-bond donors (Lipinski definition) is 0. The molecule has 10 heteroatoms. The number of nitro benzene ring substituents is 1. The molecule has 0 saturated heterocycles. The Kier molecular flexibility index (Phi) is 4.38. The highest BCUT2D eigenvalue weighted by molar-refractivity contribution is 7.14. The van der Waals surface area contributed by atoms with Crippen LogP contribution in [0.5, 0.6) is 0 Å². The van der Waals surface area contributed by atoms with Crippen molar-refractivity contribution in [3.63, 3.8) is 0 Å². The molecule has 3 heterocycles. The number of halogens is 1. The van der Waals surface area contributed by atoms with Gasteiger partial charge in [0.1, 0.15) is 5.58 Å². The van der Waals surface area contributed by atoms with Crippen LogP contribution in [-0.2, 0) is 0 Å². The number of anilines is 1. The summed E-state index contributed by atoms with van der Waals surface area (Å²) in [5.41, 5.74) is 0.881. The van der Waals surface area contributed by atoms with Crippen molar-refractivity contribution in [3.05, 3.63) is 95.8 Å². The van der Waals surface area contributed by atoms with Crippen LogP contribution in [-0.4, -0.2) is 15.8 Å². The second kappa shape index (κ2) is 7.00. The van der Waals surface area contributed by atoms with Gasteiger partial charge in [0.05, 0.1) is 27.6 Å². The zero-order chi connectivity index (χ0) is 21.9. The molecular weight excluding hydrogens is 442 g/mol. The first-order chi connectivity index (χ1) is 14.8. The zero-order valence-electron chi connectivity index (χ0n) is 15.9. The highest BCUT2D eigenvalue weighted by atomic mass is 35.5. The van der Waals surface area contributed by atoms with Gasteiger partial charge < -0.3 is 4.42 Å². The number of amides is 1. The molecule has 0 spiro atoms. The fraction of sp³-hybridized carbons (Fsp3) is 0.0952. The third-order valence-electron chi connectivity index (χ3n) is 5.04. The van der Waals surface area contributed by atoms with Crippen molar-refractivity contribution in [1.29, 1.82) is 0 Å². The number of nitro groups is 1. The molecule has 8 nitrogen and oxygen atoms in total. The number of nitrogens with zero attached hydrogens (tertiary/aromatic N) is 3. The Morgan fingerprint density at radius 2 is 2.03 bits per heavy atom. The topological polar surface area (TPSA) is 107 Å². The standard InChI is InChI=1S/C21H12ClN3O5S/c1-10-9-31-21(23-10)24-17(11-3-2-4-13(7-11)25(28)29)16-18(26)14-8-12(22)5-6-15(14)30-19(16)20(24)27/h2-9,17H,1H3/t17-/m1/s1. The van der Waals surface area contributed by atoms with Gasteiger partial charge in [0.25, 0.3) is 11.6 Å². The van der Waals surface area contributed by atoms with Crippen LogP contribution in [0.2, 0.25) is 5.02 Å². The Balaban J connectivity index is 1.83. The minimum absolute atomic E-state index is 0.105. The molecule has 0 unspecified atom stereocenters. The molecule has 0 radical (unpaired) electrons. The molecule has 0 fully saturated rings. The Hall–Kier alpha value is -3.56. The summed E-state index contributed by atoms with van der Waals surface area (Å²) in [6, 6.07) is 9.50. The van der Waals surface area contributed by atoms with Crippen molar-refractivity contribution < 1.29 is 14.1 Å². The van der Waals surface area contributed by atoms with Gasteiger partial charge in [-0.15, -0.1) is 11.3 Å². The Morgan fingerprint density at radius 3 is 2.74 bits per heavy atom. The van der Waals surface area contributed by atoms with E-state index in [4.69, 9.17) is 16.0 Å². The van der Waals surface area contributed by atoms with Crippen LogP contribution in [0, 0.1) is 17.0 Å². The molecule has 2 aromatic heterocycles. The van der Waals surface area contributed by atoms with E-state index in [2.05, 4.69) is 4.98 Å². The summed E-state index contributed by atoms with van der Waals surface area (Å²) in [6.45, 7) is 1.79. The predicted octanol–water partition coefficient (Wildman–Crippen LogP) is 4.87. The lowest BCUT2D eigenvalue weighted by atomic mass is 9.98. The van der Waals surface area contributed by atoms with E-state index in [1.165, 1.54) is 46.6 Å². The van der Waals surface area contributed by atoms with Crippen LogP contribution in [0.1, 0.15) is 33.4 Å². The molecule has 0 N–H and O–H groups in total. The molecule has 1 aliphatic rings. The van der Waals surface area contributed by atoms with E-state index in [-0.39, 0.29) is 28.0 Å². The number of hydrogen-bond acceptors (Lipinski definition) is 7. The van der Waals surface area contributed by atoms with Gasteiger partial charge in [0.2, 0.25) is 5.76 Å². The number of non-ortho nitro benzene ring substituents is 1. The Morgan fingerprint density at radius 1 is 1.23 bits per heavy atom. The van der Waals surface area contributed by atoms with Crippen molar-refractivity contribution in [3.8, 4) is 0 Å². The Bertz CT molecular complexity index is 1460. The zero-order valence-corrected chi connectivity index (χ0v) is 17.4. The summed E-state index contributed by atoms with van der Waals surface area (Å²) in [5, 5.41) is 14.1. The average Bonchev–Trinajstić information content (AvgIpc) is 3.30. The third-order valence-corrected chi connectivity index (χ3v) is 6.23. The number of rotatable bonds is 3. The number of benzene rings is 2. The number of thiazole rings is 1. The van der Waals surface area contributed by atoms with E-state index < -0.39 is 22.3 Å². The molecule has 0 bridgehead atoms. The molecule has 2 aromatic carbocycles. The van der Waals surface area contributed by atoms with Crippen LogP contribution in [0.15, 0.2) is 57.1 Å². The van der Waals surface area contributed by atoms with Gasteiger partial charge in [-0.3, -0.25) is 24.6 Å². The third kappa shape index (κ3) is 3.01. The first-order valence-electron chi connectivity index (χ1n) is 9.11. The summed E-state index contributed by atoms with van der Waals surface area (Å²) in [7, 11) is 0. The first kappa shape index (κ1) is 19.4. The van der Waals surface area contributed by atoms with Gasteiger partial charge in [0.15, 0.2) is 10.6 Å². The quantitative estimate of drug-likeness (QED) is 0.323. The number of carbonyl (C=O) groups excluding carboxylic acids is 1. The lowest BCUT2D eigenvalue weighted by Gasteiger charge is -2.22. The molecule has 154 valence electrons. The van der Waals surface area contributed by atoms with Gasteiger partial charge in [-0.05, 0) is 30.7 Å². The molecule has 4 aromatic rings. The average molecular weight is 454 g/mol. The maximum Gasteiger partial charge on any atom is 0.297 e. The van der Waals surface area contributed by atoms with Gasteiger partial charge >= 0.3 is 0 Å². The largest absolute Gasteiger partial charge is 0.450 e. The van der Waals surface area contributed by atoms with E-state index in [1.807, 2.05) is 0 Å².